The van der Waals surface area contributed by atoms with Gasteiger partial charge in [-0.25, -0.2) is 0 Å². The second-order valence-corrected chi connectivity index (χ2v) is 4.79. The lowest BCUT2D eigenvalue weighted by Crippen LogP contribution is -2.22. The molecule has 0 aromatic heterocycles. The summed E-state index contributed by atoms with van der Waals surface area (Å²) >= 11 is 0. The summed E-state index contributed by atoms with van der Waals surface area (Å²) in [6.45, 7) is 0.539. The molecule has 0 heterocycles. The number of ether oxygens (including phenoxy) is 2. The molecule has 120 valence electrons. The van der Waals surface area contributed by atoms with E-state index in [4.69, 9.17) is 21.2 Å². The molecule has 2 aromatic rings. The number of terminal acetylenes is 1. The molecule has 0 atom stereocenters. The van der Waals surface area contributed by atoms with E-state index in [2.05, 4.69) is 11.2 Å². The Bertz CT molecular complexity index is 770. The van der Waals surface area contributed by atoms with Crippen molar-refractivity contribution in [2.75, 3.05) is 13.2 Å². The first-order valence-corrected chi connectivity index (χ1v) is 7.26. The van der Waals surface area contributed by atoms with Gasteiger partial charge < -0.3 is 14.8 Å². The highest BCUT2D eigenvalue weighted by atomic mass is 16.5. The minimum atomic E-state index is -0.193. The molecule has 0 fully saturated rings. The number of benzene rings is 2. The van der Waals surface area contributed by atoms with Crippen molar-refractivity contribution in [1.82, 2.24) is 5.32 Å². The van der Waals surface area contributed by atoms with Crippen LogP contribution in [0.15, 0.2) is 48.5 Å². The Kier molecular flexibility index (Phi) is 6.25. The molecule has 0 saturated heterocycles. The highest BCUT2D eigenvalue weighted by Crippen LogP contribution is 2.14. The van der Waals surface area contributed by atoms with E-state index in [9.17, 15) is 4.79 Å². The van der Waals surface area contributed by atoms with Crippen molar-refractivity contribution in [1.29, 1.82) is 5.26 Å². The zero-order chi connectivity index (χ0) is 17.2. The Morgan fingerprint density at radius 1 is 1.08 bits per heavy atom. The fraction of sp³-hybridized carbons (Fsp3) is 0.158. The minimum Gasteiger partial charge on any atom is -0.481 e. The van der Waals surface area contributed by atoms with E-state index in [1.807, 2.05) is 18.2 Å². The third-order valence-electron chi connectivity index (χ3n) is 3.09. The van der Waals surface area contributed by atoms with Crippen LogP contribution in [-0.4, -0.2) is 19.1 Å². The molecule has 1 amide bonds. The molecule has 0 spiro atoms. The Morgan fingerprint density at radius 3 is 2.54 bits per heavy atom. The van der Waals surface area contributed by atoms with Crippen LogP contribution < -0.4 is 14.8 Å². The van der Waals surface area contributed by atoms with E-state index in [0.29, 0.717) is 23.6 Å². The molecule has 0 unspecified atom stereocenters. The Morgan fingerprint density at radius 2 is 1.83 bits per heavy atom. The maximum absolute atomic E-state index is 12.1. The van der Waals surface area contributed by atoms with Crippen LogP contribution >= 0.6 is 0 Å². The number of nitrogens with one attached hydrogen (secondary N) is 1. The van der Waals surface area contributed by atoms with E-state index >= 15 is 0 Å². The predicted molar refractivity (Wildman–Crippen MR) is 89.5 cm³/mol. The summed E-state index contributed by atoms with van der Waals surface area (Å²) < 4.78 is 10.5. The van der Waals surface area contributed by atoms with Crippen molar-refractivity contribution in [2.24, 2.45) is 0 Å². The smallest absolute Gasteiger partial charge is 0.251 e. The normalized spacial score (nSPS) is 9.42. The summed E-state index contributed by atoms with van der Waals surface area (Å²) in [5, 5.41) is 11.3. The highest BCUT2D eigenvalue weighted by Gasteiger charge is 2.06. The highest BCUT2D eigenvalue weighted by molar-refractivity contribution is 5.94. The van der Waals surface area contributed by atoms with Crippen LogP contribution in [0.4, 0.5) is 0 Å². The summed E-state index contributed by atoms with van der Waals surface area (Å²) in [7, 11) is 0. The first kappa shape index (κ1) is 16.9. The van der Waals surface area contributed by atoms with E-state index in [1.54, 1.807) is 36.4 Å². The first-order valence-electron chi connectivity index (χ1n) is 7.26. The number of carbonyl (C=O) groups excluding carboxylic acids is 1. The van der Waals surface area contributed by atoms with Crippen molar-refractivity contribution >= 4 is 5.91 Å². The van der Waals surface area contributed by atoms with Gasteiger partial charge in [0, 0.05) is 12.1 Å². The van der Waals surface area contributed by atoms with Crippen LogP contribution in [0.2, 0.25) is 0 Å². The van der Waals surface area contributed by atoms with Crippen molar-refractivity contribution in [3.63, 3.8) is 0 Å². The molecule has 1 N–H and O–H groups in total. The van der Waals surface area contributed by atoms with E-state index < -0.39 is 0 Å². The van der Waals surface area contributed by atoms with Crippen LogP contribution in [0.25, 0.3) is 0 Å². The number of amides is 1. The van der Waals surface area contributed by atoms with E-state index in [-0.39, 0.29) is 19.1 Å². The molecule has 0 bridgehead atoms. The van der Waals surface area contributed by atoms with Gasteiger partial charge in [0.15, 0.2) is 6.61 Å². The zero-order valence-electron chi connectivity index (χ0n) is 13.0. The van der Waals surface area contributed by atoms with Crippen molar-refractivity contribution < 1.29 is 14.3 Å². The van der Waals surface area contributed by atoms with Gasteiger partial charge in [-0.05, 0) is 42.0 Å². The predicted octanol–water partition coefficient (Wildman–Crippen LogP) is 2.53. The summed E-state index contributed by atoms with van der Waals surface area (Å²) in [5.41, 5.74) is 1.41. The summed E-state index contributed by atoms with van der Waals surface area (Å²) in [6, 6.07) is 15.9. The van der Waals surface area contributed by atoms with Crippen molar-refractivity contribution in [3.8, 4) is 29.9 Å². The second-order valence-electron chi connectivity index (χ2n) is 4.79. The third kappa shape index (κ3) is 5.08. The zero-order valence-corrected chi connectivity index (χ0v) is 13.0. The van der Waals surface area contributed by atoms with Crippen LogP contribution in [0, 0.1) is 23.7 Å². The van der Waals surface area contributed by atoms with Gasteiger partial charge in [0.05, 0.1) is 0 Å². The standard InChI is InChI=1S/C19H16N2O3/c1-2-11-23-17-8-6-16(7-9-17)19(22)21-14-15-4-3-5-18(13-15)24-12-10-20/h1,3-9,13H,11-12,14H2,(H,21,22). The van der Waals surface area contributed by atoms with E-state index in [0.717, 1.165) is 5.56 Å². The van der Waals surface area contributed by atoms with Gasteiger partial charge in [-0.1, -0.05) is 18.1 Å². The van der Waals surface area contributed by atoms with Crippen molar-refractivity contribution in [3.05, 3.63) is 59.7 Å². The quantitative estimate of drug-likeness (QED) is 0.796. The van der Waals surface area contributed by atoms with Crippen LogP contribution in [0.3, 0.4) is 0 Å². The van der Waals surface area contributed by atoms with Gasteiger partial charge in [0.2, 0.25) is 0 Å². The van der Waals surface area contributed by atoms with Gasteiger partial charge in [0.1, 0.15) is 24.2 Å². The lowest BCUT2D eigenvalue weighted by atomic mass is 10.2. The minimum absolute atomic E-state index is 0.0100. The lowest BCUT2D eigenvalue weighted by molar-refractivity contribution is 0.0951. The van der Waals surface area contributed by atoms with E-state index in [1.165, 1.54) is 0 Å². The lowest BCUT2D eigenvalue weighted by Gasteiger charge is -2.08. The third-order valence-corrected chi connectivity index (χ3v) is 3.09. The Balaban J connectivity index is 1.91. The summed E-state index contributed by atoms with van der Waals surface area (Å²) in [6.07, 6.45) is 5.12. The molecule has 5 nitrogen and oxygen atoms in total. The molecule has 2 rings (SSSR count). The molecular weight excluding hydrogens is 304 g/mol. The van der Waals surface area contributed by atoms with Crippen molar-refractivity contribution in [2.45, 2.75) is 6.54 Å². The van der Waals surface area contributed by atoms with Crippen LogP contribution in [0.1, 0.15) is 15.9 Å². The topological polar surface area (TPSA) is 71.3 Å². The molecular formula is C19H16N2O3. The van der Waals surface area contributed by atoms with Gasteiger partial charge >= 0.3 is 0 Å². The molecule has 0 aliphatic heterocycles. The van der Waals surface area contributed by atoms with Crippen LogP contribution in [0.5, 0.6) is 11.5 Å². The molecule has 24 heavy (non-hydrogen) atoms. The molecule has 0 saturated carbocycles. The Labute approximate surface area is 140 Å². The molecule has 0 aliphatic rings. The number of nitrogens with zero attached hydrogens (tertiary/aromatic N) is 1. The average Bonchev–Trinajstić information content (AvgIpc) is 2.63. The van der Waals surface area contributed by atoms with Gasteiger partial charge in [-0.3, -0.25) is 4.79 Å². The second kappa shape index (κ2) is 8.87. The van der Waals surface area contributed by atoms with Gasteiger partial charge in [-0.15, -0.1) is 6.42 Å². The SMILES string of the molecule is C#CCOc1ccc(C(=O)NCc2cccc(OCC#N)c2)cc1. The monoisotopic (exact) mass is 320 g/mol. The number of hydrogen-bond donors (Lipinski definition) is 1. The Hall–Kier alpha value is -3.44. The maximum Gasteiger partial charge on any atom is 0.251 e. The number of rotatable bonds is 7. The van der Waals surface area contributed by atoms with Crippen LogP contribution in [-0.2, 0) is 6.54 Å². The average molecular weight is 320 g/mol. The first-order chi connectivity index (χ1) is 11.7. The largest absolute Gasteiger partial charge is 0.481 e. The fourth-order valence-electron chi connectivity index (χ4n) is 1.97. The summed E-state index contributed by atoms with van der Waals surface area (Å²) in [5.74, 6) is 3.40. The molecule has 0 aliphatic carbocycles. The fourth-order valence-corrected chi connectivity index (χ4v) is 1.97. The molecule has 2 aromatic carbocycles. The van der Waals surface area contributed by atoms with Gasteiger partial charge in [0.25, 0.3) is 5.91 Å². The molecule has 0 radical (unpaired) electrons. The molecule has 5 heteroatoms. The number of hydrogen-bond acceptors (Lipinski definition) is 4. The maximum atomic E-state index is 12.1. The van der Waals surface area contributed by atoms with Gasteiger partial charge in [-0.2, -0.15) is 5.26 Å². The summed E-state index contributed by atoms with van der Waals surface area (Å²) in [4.78, 5) is 12.1. The number of nitriles is 1. The number of carbonyl (C=O) groups is 1.